The van der Waals surface area contributed by atoms with Crippen molar-refractivity contribution in [3.63, 3.8) is 0 Å². The highest BCUT2D eigenvalue weighted by atomic mass is 35.5. The maximum atomic E-state index is 13.3. The van der Waals surface area contributed by atoms with E-state index in [-0.39, 0.29) is 43.5 Å². The average Bonchev–Trinajstić information content (AvgIpc) is 2.72. The van der Waals surface area contributed by atoms with Crippen molar-refractivity contribution in [2.24, 2.45) is 0 Å². The molecule has 162 valence electrons. The van der Waals surface area contributed by atoms with Gasteiger partial charge in [0.1, 0.15) is 17.3 Å². The molecule has 2 aromatic carbocycles. The van der Waals surface area contributed by atoms with Crippen LogP contribution in [-0.2, 0) is 9.59 Å². The lowest BCUT2D eigenvalue weighted by molar-refractivity contribution is -0.124. The van der Waals surface area contributed by atoms with Gasteiger partial charge in [0.05, 0.1) is 11.1 Å². The summed E-state index contributed by atoms with van der Waals surface area (Å²) in [4.78, 5) is 23.5. The summed E-state index contributed by atoms with van der Waals surface area (Å²) in [5.74, 6) is -0.787. The Balaban J connectivity index is 1.55. The maximum Gasteiger partial charge on any atom is 0.258 e. The first-order valence-corrected chi connectivity index (χ1v) is 9.77. The molecular formula is C20H21Cl2FN2O5. The van der Waals surface area contributed by atoms with Crippen molar-refractivity contribution in [1.82, 2.24) is 10.6 Å². The molecule has 0 aliphatic rings. The first kappa shape index (κ1) is 23.7. The second kappa shape index (κ2) is 12.2. The highest BCUT2D eigenvalue weighted by molar-refractivity contribution is 6.30. The molecule has 0 bridgehead atoms. The van der Waals surface area contributed by atoms with Crippen molar-refractivity contribution in [2.75, 3.05) is 26.3 Å². The van der Waals surface area contributed by atoms with Crippen LogP contribution in [-0.4, -0.2) is 49.3 Å². The second-order valence-corrected chi connectivity index (χ2v) is 7.05. The highest BCUT2D eigenvalue weighted by Crippen LogP contribution is 2.20. The Morgan fingerprint density at radius 3 is 2.23 bits per heavy atom. The van der Waals surface area contributed by atoms with E-state index in [9.17, 15) is 19.1 Å². The smallest absolute Gasteiger partial charge is 0.258 e. The summed E-state index contributed by atoms with van der Waals surface area (Å²) in [5.41, 5.74) is 0. The number of nitrogens with one attached hydrogen (secondary N) is 2. The number of hydrogen-bond acceptors (Lipinski definition) is 5. The molecule has 0 saturated heterocycles. The summed E-state index contributed by atoms with van der Waals surface area (Å²) in [6.07, 6.45) is -0.629. The predicted molar refractivity (Wildman–Crippen MR) is 110 cm³/mol. The molecule has 0 aliphatic carbocycles. The standard InChI is InChI=1S/C20H21Cl2FN2O5/c21-13-1-3-15(4-2-13)29-12-20(28)25-10-14(26)7-8-24-19(27)11-30-16-5-6-17(22)18(23)9-16/h1-6,9,14,26H,7-8,10-12H2,(H,24,27)(H,25,28)/t14-/m0/s1. The maximum absolute atomic E-state index is 13.3. The van der Waals surface area contributed by atoms with E-state index in [1.807, 2.05) is 0 Å². The molecule has 0 radical (unpaired) electrons. The molecule has 0 spiro atoms. The molecule has 0 aromatic heterocycles. The summed E-state index contributed by atoms with van der Waals surface area (Å²) in [6, 6.07) is 10.4. The molecule has 0 aliphatic heterocycles. The number of benzene rings is 2. The first-order chi connectivity index (χ1) is 14.3. The fourth-order valence-corrected chi connectivity index (χ4v) is 2.45. The monoisotopic (exact) mass is 458 g/mol. The number of halogens is 3. The minimum atomic E-state index is -0.851. The number of rotatable bonds is 11. The minimum Gasteiger partial charge on any atom is -0.484 e. The summed E-state index contributed by atoms with van der Waals surface area (Å²) < 4.78 is 23.7. The van der Waals surface area contributed by atoms with Gasteiger partial charge in [0.15, 0.2) is 13.2 Å². The third kappa shape index (κ3) is 8.86. The van der Waals surface area contributed by atoms with Gasteiger partial charge in [-0.25, -0.2) is 4.39 Å². The van der Waals surface area contributed by atoms with Crippen LogP contribution in [0.15, 0.2) is 42.5 Å². The number of aliphatic hydroxyl groups excluding tert-OH is 1. The van der Waals surface area contributed by atoms with Crippen LogP contribution in [0.25, 0.3) is 0 Å². The van der Waals surface area contributed by atoms with Crippen LogP contribution in [0.5, 0.6) is 11.5 Å². The average molecular weight is 459 g/mol. The fraction of sp³-hybridized carbons (Fsp3) is 0.300. The van der Waals surface area contributed by atoms with E-state index in [0.29, 0.717) is 10.8 Å². The summed E-state index contributed by atoms with van der Waals surface area (Å²) >= 11 is 11.3. The zero-order valence-corrected chi connectivity index (χ0v) is 17.4. The van der Waals surface area contributed by atoms with Crippen molar-refractivity contribution >= 4 is 35.0 Å². The quantitative estimate of drug-likeness (QED) is 0.480. The number of hydrogen-bond donors (Lipinski definition) is 3. The zero-order valence-electron chi connectivity index (χ0n) is 15.9. The van der Waals surface area contributed by atoms with Crippen LogP contribution in [0.4, 0.5) is 4.39 Å². The van der Waals surface area contributed by atoms with Gasteiger partial charge in [-0.2, -0.15) is 0 Å². The Labute approximate surface area is 183 Å². The van der Waals surface area contributed by atoms with Crippen molar-refractivity contribution < 1.29 is 28.6 Å². The molecule has 0 unspecified atom stereocenters. The van der Waals surface area contributed by atoms with E-state index in [1.54, 1.807) is 24.3 Å². The first-order valence-electron chi connectivity index (χ1n) is 9.01. The molecule has 0 saturated carbocycles. The van der Waals surface area contributed by atoms with Gasteiger partial charge in [0.2, 0.25) is 0 Å². The van der Waals surface area contributed by atoms with Crippen molar-refractivity contribution in [3.8, 4) is 11.5 Å². The van der Waals surface area contributed by atoms with Crippen LogP contribution < -0.4 is 20.1 Å². The van der Waals surface area contributed by atoms with Gasteiger partial charge in [-0.3, -0.25) is 9.59 Å². The third-order valence-corrected chi connectivity index (χ3v) is 4.34. The number of amides is 2. The van der Waals surface area contributed by atoms with Gasteiger partial charge in [-0.1, -0.05) is 23.2 Å². The van der Waals surface area contributed by atoms with Gasteiger partial charge < -0.3 is 25.2 Å². The second-order valence-electron chi connectivity index (χ2n) is 6.20. The minimum absolute atomic E-state index is 0.0131. The lowest BCUT2D eigenvalue weighted by atomic mass is 10.2. The Bertz CT molecular complexity index is 852. The number of aliphatic hydroxyl groups is 1. The van der Waals surface area contributed by atoms with Crippen LogP contribution in [0.3, 0.4) is 0 Å². The molecule has 10 heteroatoms. The van der Waals surface area contributed by atoms with Gasteiger partial charge in [-0.15, -0.1) is 0 Å². The number of carbonyl (C=O) groups is 2. The lowest BCUT2D eigenvalue weighted by Crippen LogP contribution is -2.37. The van der Waals surface area contributed by atoms with Gasteiger partial charge >= 0.3 is 0 Å². The number of carbonyl (C=O) groups excluding carboxylic acids is 2. The van der Waals surface area contributed by atoms with Gasteiger partial charge in [0, 0.05) is 24.2 Å². The van der Waals surface area contributed by atoms with E-state index in [1.165, 1.54) is 12.1 Å². The van der Waals surface area contributed by atoms with E-state index in [0.717, 1.165) is 6.07 Å². The predicted octanol–water partition coefficient (Wildman–Crippen LogP) is 2.57. The molecule has 2 rings (SSSR count). The molecule has 30 heavy (non-hydrogen) atoms. The van der Waals surface area contributed by atoms with E-state index < -0.39 is 23.7 Å². The van der Waals surface area contributed by atoms with Crippen molar-refractivity contribution in [2.45, 2.75) is 12.5 Å². The Kier molecular flexibility index (Phi) is 9.66. The third-order valence-electron chi connectivity index (χ3n) is 3.78. The summed E-state index contributed by atoms with van der Waals surface area (Å²) in [5, 5.41) is 15.5. The molecule has 7 nitrogen and oxygen atoms in total. The van der Waals surface area contributed by atoms with Crippen LogP contribution in [0.2, 0.25) is 10.0 Å². The Morgan fingerprint density at radius 2 is 1.57 bits per heavy atom. The SMILES string of the molecule is O=C(COc1ccc(Cl)c(F)c1)NCC[C@H](O)CNC(=O)COc1ccc(Cl)cc1. The Hall–Kier alpha value is -2.55. The van der Waals surface area contributed by atoms with E-state index >= 15 is 0 Å². The molecule has 3 N–H and O–H groups in total. The molecule has 2 aromatic rings. The van der Waals surface area contributed by atoms with Crippen molar-refractivity contribution in [3.05, 3.63) is 58.3 Å². The normalized spacial score (nSPS) is 11.5. The van der Waals surface area contributed by atoms with E-state index in [2.05, 4.69) is 10.6 Å². The van der Waals surface area contributed by atoms with Crippen LogP contribution >= 0.6 is 23.2 Å². The number of ether oxygens (including phenoxy) is 2. The van der Waals surface area contributed by atoms with Crippen molar-refractivity contribution in [1.29, 1.82) is 0 Å². The molecule has 2 amide bonds. The molecule has 0 heterocycles. The van der Waals surface area contributed by atoms with Crippen LogP contribution in [0, 0.1) is 5.82 Å². The van der Waals surface area contributed by atoms with Gasteiger partial charge in [0.25, 0.3) is 11.8 Å². The van der Waals surface area contributed by atoms with Gasteiger partial charge in [-0.05, 0) is 42.8 Å². The molecule has 0 fully saturated rings. The Morgan fingerprint density at radius 1 is 0.967 bits per heavy atom. The molecular weight excluding hydrogens is 438 g/mol. The lowest BCUT2D eigenvalue weighted by Gasteiger charge is -2.13. The topological polar surface area (TPSA) is 96.9 Å². The molecule has 1 atom stereocenters. The van der Waals surface area contributed by atoms with Crippen LogP contribution in [0.1, 0.15) is 6.42 Å². The largest absolute Gasteiger partial charge is 0.484 e. The van der Waals surface area contributed by atoms with E-state index in [4.69, 9.17) is 32.7 Å². The highest BCUT2D eigenvalue weighted by Gasteiger charge is 2.10. The fourth-order valence-electron chi connectivity index (χ4n) is 2.21. The summed E-state index contributed by atoms with van der Waals surface area (Å²) in [6.45, 7) is -0.321. The zero-order chi connectivity index (χ0) is 21.9. The summed E-state index contributed by atoms with van der Waals surface area (Å²) in [7, 11) is 0.